The predicted molar refractivity (Wildman–Crippen MR) is 157 cm³/mol. The second-order valence-corrected chi connectivity index (χ2v) is 11.0. The van der Waals surface area contributed by atoms with E-state index in [4.69, 9.17) is 15.2 Å². The average Bonchev–Trinajstić information content (AvgIpc) is 2.90. The first-order chi connectivity index (χ1) is 19.5. The SMILES string of the molecule is CC(C)(C)OC(=O)N[C@@H](CCCC(=O)OCc1ccccc1)C(=O)N[C@H](CC(N)=O)Cc1ccc2ccccc2c1. The lowest BCUT2D eigenvalue weighted by Crippen LogP contribution is -2.51. The van der Waals surface area contributed by atoms with E-state index in [0.29, 0.717) is 6.42 Å². The van der Waals surface area contributed by atoms with Gasteiger partial charge in [-0.3, -0.25) is 14.4 Å². The van der Waals surface area contributed by atoms with Gasteiger partial charge in [0.2, 0.25) is 11.8 Å². The van der Waals surface area contributed by atoms with Crippen LogP contribution in [-0.4, -0.2) is 41.6 Å². The first kappa shape index (κ1) is 31.1. The predicted octanol–water partition coefficient (Wildman–Crippen LogP) is 4.55. The lowest BCUT2D eigenvalue weighted by Gasteiger charge is -2.25. The Morgan fingerprint density at radius 1 is 0.854 bits per heavy atom. The van der Waals surface area contributed by atoms with E-state index in [0.717, 1.165) is 21.9 Å². The van der Waals surface area contributed by atoms with Crippen LogP contribution in [0, 0.1) is 0 Å². The van der Waals surface area contributed by atoms with Gasteiger partial charge in [-0.1, -0.05) is 72.8 Å². The van der Waals surface area contributed by atoms with E-state index in [1.165, 1.54) is 0 Å². The lowest BCUT2D eigenvalue weighted by atomic mass is 9.99. The molecular formula is C32H39N3O6. The highest BCUT2D eigenvalue weighted by Crippen LogP contribution is 2.18. The van der Waals surface area contributed by atoms with Crippen molar-refractivity contribution in [3.05, 3.63) is 83.9 Å². The summed E-state index contributed by atoms with van der Waals surface area (Å²) < 4.78 is 10.7. The fourth-order valence-electron chi connectivity index (χ4n) is 4.35. The van der Waals surface area contributed by atoms with Crippen LogP contribution in [0.4, 0.5) is 4.79 Å². The van der Waals surface area contributed by atoms with Gasteiger partial charge in [-0.05, 0) is 61.9 Å². The van der Waals surface area contributed by atoms with E-state index in [2.05, 4.69) is 10.6 Å². The van der Waals surface area contributed by atoms with Gasteiger partial charge in [0.15, 0.2) is 0 Å². The topological polar surface area (TPSA) is 137 Å². The van der Waals surface area contributed by atoms with Gasteiger partial charge in [-0.2, -0.15) is 0 Å². The lowest BCUT2D eigenvalue weighted by molar-refractivity contribution is -0.145. The van der Waals surface area contributed by atoms with Crippen molar-refractivity contribution < 1.29 is 28.7 Å². The molecule has 41 heavy (non-hydrogen) atoms. The molecular weight excluding hydrogens is 522 g/mol. The summed E-state index contributed by atoms with van der Waals surface area (Å²) in [5.74, 6) is -1.47. The molecule has 0 aliphatic heterocycles. The monoisotopic (exact) mass is 561 g/mol. The minimum atomic E-state index is -1.00. The van der Waals surface area contributed by atoms with Gasteiger partial charge in [-0.15, -0.1) is 0 Å². The summed E-state index contributed by atoms with van der Waals surface area (Å²) in [6.45, 7) is 5.31. The number of benzene rings is 3. The van der Waals surface area contributed by atoms with Crippen LogP contribution in [0.2, 0.25) is 0 Å². The van der Waals surface area contributed by atoms with Crippen molar-refractivity contribution >= 4 is 34.6 Å². The van der Waals surface area contributed by atoms with Crippen molar-refractivity contribution in [3.63, 3.8) is 0 Å². The average molecular weight is 562 g/mol. The molecule has 3 aromatic rings. The molecule has 0 bridgehead atoms. The van der Waals surface area contributed by atoms with Gasteiger partial charge < -0.3 is 25.8 Å². The van der Waals surface area contributed by atoms with Crippen molar-refractivity contribution in [3.8, 4) is 0 Å². The second kappa shape index (κ2) is 14.8. The second-order valence-electron chi connectivity index (χ2n) is 11.0. The van der Waals surface area contributed by atoms with Gasteiger partial charge in [0, 0.05) is 18.9 Å². The van der Waals surface area contributed by atoms with Crippen LogP contribution in [0.25, 0.3) is 10.8 Å². The summed E-state index contributed by atoms with van der Waals surface area (Å²) >= 11 is 0. The summed E-state index contributed by atoms with van der Waals surface area (Å²) in [6.07, 6.45) is 0.0326. The van der Waals surface area contributed by atoms with E-state index in [1.54, 1.807) is 20.8 Å². The van der Waals surface area contributed by atoms with Crippen LogP contribution in [0.15, 0.2) is 72.8 Å². The molecule has 0 unspecified atom stereocenters. The maximum absolute atomic E-state index is 13.4. The molecule has 4 N–H and O–H groups in total. The molecule has 3 aromatic carbocycles. The van der Waals surface area contributed by atoms with E-state index in [-0.39, 0.29) is 32.3 Å². The number of amides is 3. The van der Waals surface area contributed by atoms with Crippen LogP contribution in [0.3, 0.4) is 0 Å². The summed E-state index contributed by atoms with van der Waals surface area (Å²) in [5.41, 5.74) is 6.52. The number of carbonyl (C=O) groups is 4. The smallest absolute Gasteiger partial charge is 0.408 e. The third-order valence-electron chi connectivity index (χ3n) is 6.21. The Labute approximate surface area is 240 Å². The zero-order valence-electron chi connectivity index (χ0n) is 23.9. The highest BCUT2D eigenvalue weighted by atomic mass is 16.6. The number of nitrogens with one attached hydrogen (secondary N) is 2. The Balaban J connectivity index is 1.65. The molecule has 0 radical (unpaired) electrons. The van der Waals surface area contributed by atoms with Gasteiger partial charge in [0.1, 0.15) is 18.2 Å². The van der Waals surface area contributed by atoms with Crippen LogP contribution in [0.5, 0.6) is 0 Å². The molecule has 0 aliphatic rings. The molecule has 9 nitrogen and oxygen atoms in total. The molecule has 0 saturated heterocycles. The third kappa shape index (κ3) is 11.3. The molecule has 0 heterocycles. The van der Waals surface area contributed by atoms with Crippen molar-refractivity contribution in [1.29, 1.82) is 0 Å². The maximum atomic E-state index is 13.4. The van der Waals surface area contributed by atoms with Gasteiger partial charge in [0.25, 0.3) is 0 Å². The first-order valence-electron chi connectivity index (χ1n) is 13.7. The fraction of sp³-hybridized carbons (Fsp3) is 0.375. The quantitative estimate of drug-likeness (QED) is 0.262. The Hall–Kier alpha value is -4.40. The number of carbonyl (C=O) groups excluding carboxylic acids is 4. The number of fused-ring (bicyclic) bond motifs is 1. The number of rotatable bonds is 13. The van der Waals surface area contributed by atoms with Crippen LogP contribution in [-0.2, 0) is 36.9 Å². The van der Waals surface area contributed by atoms with Crippen molar-refractivity contribution in [1.82, 2.24) is 10.6 Å². The van der Waals surface area contributed by atoms with Crippen LogP contribution in [0.1, 0.15) is 57.6 Å². The molecule has 0 spiro atoms. The zero-order valence-corrected chi connectivity index (χ0v) is 23.9. The number of alkyl carbamates (subject to hydrolysis) is 1. The Bertz CT molecular complexity index is 1340. The molecule has 3 rings (SSSR count). The number of hydrogen-bond donors (Lipinski definition) is 3. The highest BCUT2D eigenvalue weighted by Gasteiger charge is 2.27. The molecule has 9 heteroatoms. The normalized spacial score (nSPS) is 12.7. The molecule has 0 aliphatic carbocycles. The number of nitrogens with two attached hydrogens (primary N) is 1. The van der Waals surface area contributed by atoms with E-state index in [9.17, 15) is 19.2 Å². The maximum Gasteiger partial charge on any atom is 0.408 e. The number of hydrogen-bond acceptors (Lipinski definition) is 6. The highest BCUT2D eigenvalue weighted by molar-refractivity contribution is 5.87. The van der Waals surface area contributed by atoms with Crippen molar-refractivity contribution in [2.75, 3.05) is 0 Å². The summed E-state index contributed by atoms with van der Waals surface area (Å²) in [5, 5.41) is 7.60. The van der Waals surface area contributed by atoms with Crippen molar-refractivity contribution in [2.24, 2.45) is 5.73 Å². The minimum Gasteiger partial charge on any atom is -0.461 e. The van der Waals surface area contributed by atoms with Crippen LogP contribution >= 0.6 is 0 Å². The standard InChI is InChI=1S/C32H39N3O6/c1-32(2,3)41-31(39)35-27(14-9-15-29(37)40-21-22-10-5-4-6-11-22)30(38)34-26(20-28(33)36)19-23-16-17-24-12-7-8-13-25(24)18-23/h4-8,10-13,16-18,26-27H,9,14-15,19-21H2,1-3H3,(H2,33,36)(H,34,38)(H,35,39)/t26-,27-/m0/s1. The Kier molecular flexibility index (Phi) is 11.3. The van der Waals surface area contributed by atoms with E-state index >= 15 is 0 Å². The Morgan fingerprint density at radius 2 is 1.54 bits per heavy atom. The molecule has 2 atom stereocenters. The number of esters is 1. The zero-order chi connectivity index (χ0) is 29.8. The largest absolute Gasteiger partial charge is 0.461 e. The number of primary amides is 1. The molecule has 0 aromatic heterocycles. The minimum absolute atomic E-state index is 0.0639. The van der Waals surface area contributed by atoms with E-state index in [1.807, 2.05) is 72.8 Å². The molecule has 3 amide bonds. The number of ether oxygens (including phenoxy) is 2. The molecule has 0 fully saturated rings. The van der Waals surface area contributed by atoms with Gasteiger partial charge in [-0.25, -0.2) is 4.79 Å². The van der Waals surface area contributed by atoms with Gasteiger partial charge >= 0.3 is 12.1 Å². The molecule has 218 valence electrons. The summed E-state index contributed by atoms with van der Waals surface area (Å²) in [6, 6.07) is 21.6. The first-order valence-corrected chi connectivity index (χ1v) is 13.7. The van der Waals surface area contributed by atoms with Gasteiger partial charge in [0.05, 0.1) is 0 Å². The fourth-order valence-corrected chi connectivity index (χ4v) is 4.35. The third-order valence-corrected chi connectivity index (χ3v) is 6.21. The Morgan fingerprint density at radius 3 is 2.22 bits per heavy atom. The molecule has 0 saturated carbocycles. The summed E-state index contributed by atoms with van der Waals surface area (Å²) in [7, 11) is 0. The van der Waals surface area contributed by atoms with Crippen LogP contribution < -0.4 is 16.4 Å². The van der Waals surface area contributed by atoms with Crippen molar-refractivity contribution in [2.45, 2.75) is 77.2 Å². The van der Waals surface area contributed by atoms with E-state index < -0.39 is 41.6 Å². The summed E-state index contributed by atoms with van der Waals surface area (Å²) in [4.78, 5) is 50.0.